The van der Waals surface area contributed by atoms with Crippen molar-refractivity contribution in [2.75, 3.05) is 0 Å². The average molecular weight is 347 g/mol. The zero-order valence-electron chi connectivity index (χ0n) is 17.1. The maximum Gasteiger partial charge on any atom is 0.184 e. The molecule has 0 unspecified atom stereocenters. The summed E-state index contributed by atoms with van der Waals surface area (Å²) < 4.78 is 0. The van der Waals surface area contributed by atoms with Crippen molar-refractivity contribution in [2.45, 2.75) is 91.5 Å². The van der Waals surface area contributed by atoms with E-state index in [-0.39, 0.29) is 5.78 Å². The highest BCUT2D eigenvalue weighted by atomic mass is 28.3. The second-order valence-corrected chi connectivity index (χ2v) is 13.8. The SMILES string of the molecule is CC1=C(C)C(O)(C#C[Si](C(C)C)(C(C)C)C(C)C)C(C)=C(C)C1=O. The first-order valence-electron chi connectivity index (χ1n) is 9.01. The molecule has 3 heteroatoms. The summed E-state index contributed by atoms with van der Waals surface area (Å²) in [5.74, 6) is 3.29. The van der Waals surface area contributed by atoms with Crippen LogP contribution in [0, 0.1) is 11.5 Å². The van der Waals surface area contributed by atoms with Crippen LogP contribution in [0.25, 0.3) is 0 Å². The Bertz CT molecular complexity index is 601. The summed E-state index contributed by atoms with van der Waals surface area (Å²) in [5.41, 5.74) is 6.45. The van der Waals surface area contributed by atoms with Crippen LogP contribution in [-0.2, 0) is 4.79 Å². The van der Waals surface area contributed by atoms with Gasteiger partial charge in [-0.25, -0.2) is 0 Å². The molecule has 24 heavy (non-hydrogen) atoms. The van der Waals surface area contributed by atoms with Crippen molar-refractivity contribution in [1.29, 1.82) is 0 Å². The summed E-state index contributed by atoms with van der Waals surface area (Å²) in [6, 6.07) is 0. The fourth-order valence-electron chi connectivity index (χ4n) is 4.27. The van der Waals surface area contributed by atoms with Gasteiger partial charge in [0.15, 0.2) is 11.4 Å². The van der Waals surface area contributed by atoms with Gasteiger partial charge in [-0.2, -0.15) is 0 Å². The monoisotopic (exact) mass is 346 g/mol. The van der Waals surface area contributed by atoms with E-state index in [2.05, 4.69) is 53.0 Å². The molecule has 0 aliphatic heterocycles. The van der Waals surface area contributed by atoms with Crippen LogP contribution in [0.2, 0.25) is 16.6 Å². The molecule has 0 heterocycles. The first-order chi connectivity index (χ1) is 10.8. The van der Waals surface area contributed by atoms with E-state index in [9.17, 15) is 9.90 Å². The third-order valence-electron chi connectivity index (χ3n) is 6.22. The molecule has 0 bridgehead atoms. The van der Waals surface area contributed by atoms with Crippen LogP contribution in [0.3, 0.4) is 0 Å². The molecule has 1 aliphatic rings. The highest BCUT2D eigenvalue weighted by Crippen LogP contribution is 2.42. The van der Waals surface area contributed by atoms with Gasteiger partial charge in [-0.05, 0) is 66.6 Å². The molecular formula is C21H34O2Si. The number of hydrogen-bond donors (Lipinski definition) is 1. The second-order valence-electron chi connectivity index (χ2n) is 8.19. The van der Waals surface area contributed by atoms with Gasteiger partial charge in [0.2, 0.25) is 0 Å². The maximum absolute atomic E-state index is 12.3. The van der Waals surface area contributed by atoms with E-state index >= 15 is 0 Å². The molecule has 0 aromatic heterocycles. The van der Waals surface area contributed by atoms with Crippen molar-refractivity contribution in [3.8, 4) is 11.5 Å². The van der Waals surface area contributed by atoms with E-state index in [0.29, 0.717) is 38.9 Å². The van der Waals surface area contributed by atoms with E-state index in [4.69, 9.17) is 0 Å². The van der Waals surface area contributed by atoms with Crippen LogP contribution < -0.4 is 0 Å². The van der Waals surface area contributed by atoms with Crippen LogP contribution in [0.15, 0.2) is 22.3 Å². The molecule has 0 atom stereocenters. The fourth-order valence-corrected chi connectivity index (χ4v) is 9.53. The lowest BCUT2D eigenvalue weighted by Crippen LogP contribution is -2.44. The predicted octanol–water partition coefficient (Wildman–Crippen LogP) is 5.19. The Morgan fingerprint density at radius 2 is 1.17 bits per heavy atom. The molecule has 134 valence electrons. The molecule has 1 rings (SSSR count). The molecule has 0 amide bonds. The van der Waals surface area contributed by atoms with Crippen LogP contribution in [0.4, 0.5) is 0 Å². The maximum atomic E-state index is 12.3. The van der Waals surface area contributed by atoms with Crippen molar-refractivity contribution < 1.29 is 9.90 Å². The van der Waals surface area contributed by atoms with Crippen molar-refractivity contribution in [1.82, 2.24) is 0 Å². The van der Waals surface area contributed by atoms with Gasteiger partial charge in [0.1, 0.15) is 8.07 Å². The number of aliphatic hydroxyl groups is 1. The van der Waals surface area contributed by atoms with Gasteiger partial charge in [0.05, 0.1) is 0 Å². The summed E-state index contributed by atoms with van der Waals surface area (Å²) in [6.45, 7) is 20.8. The minimum Gasteiger partial charge on any atom is -0.370 e. The Balaban J connectivity index is 3.63. The molecular weight excluding hydrogens is 312 g/mol. The molecule has 0 saturated heterocycles. The van der Waals surface area contributed by atoms with Crippen LogP contribution in [-0.4, -0.2) is 24.6 Å². The average Bonchev–Trinajstić information content (AvgIpc) is 2.49. The molecule has 0 aromatic rings. The molecule has 1 aliphatic carbocycles. The number of carbonyl (C=O) groups excluding carboxylic acids is 1. The van der Waals surface area contributed by atoms with Crippen LogP contribution in [0.1, 0.15) is 69.2 Å². The molecule has 0 saturated carbocycles. The first-order valence-corrected chi connectivity index (χ1v) is 11.2. The van der Waals surface area contributed by atoms with Gasteiger partial charge in [-0.3, -0.25) is 4.79 Å². The van der Waals surface area contributed by atoms with Gasteiger partial charge >= 0.3 is 0 Å². The minimum absolute atomic E-state index is 0.0246. The quantitative estimate of drug-likeness (QED) is 0.564. The normalized spacial score (nSPS) is 18.7. The number of rotatable bonds is 3. The minimum atomic E-state index is -1.93. The van der Waals surface area contributed by atoms with Gasteiger partial charge in [0, 0.05) is 0 Å². The van der Waals surface area contributed by atoms with Crippen molar-refractivity contribution in [2.24, 2.45) is 0 Å². The van der Waals surface area contributed by atoms with Gasteiger partial charge in [0.25, 0.3) is 0 Å². The number of ketones is 1. The van der Waals surface area contributed by atoms with E-state index in [1.54, 1.807) is 13.8 Å². The largest absolute Gasteiger partial charge is 0.370 e. The summed E-state index contributed by atoms with van der Waals surface area (Å²) in [6.07, 6.45) is 0. The summed E-state index contributed by atoms with van der Waals surface area (Å²) in [5, 5.41) is 11.4. The van der Waals surface area contributed by atoms with E-state index in [1.165, 1.54) is 0 Å². The fraction of sp³-hybridized carbons (Fsp3) is 0.667. The van der Waals surface area contributed by atoms with Gasteiger partial charge in [-0.15, -0.1) is 5.54 Å². The Morgan fingerprint density at radius 3 is 1.46 bits per heavy atom. The zero-order valence-corrected chi connectivity index (χ0v) is 18.1. The van der Waals surface area contributed by atoms with Crippen LogP contribution in [0.5, 0.6) is 0 Å². The van der Waals surface area contributed by atoms with Crippen molar-refractivity contribution >= 4 is 13.9 Å². The van der Waals surface area contributed by atoms with Gasteiger partial charge < -0.3 is 5.11 Å². The lowest BCUT2D eigenvalue weighted by Gasteiger charge is -2.39. The van der Waals surface area contributed by atoms with E-state index < -0.39 is 13.7 Å². The number of carbonyl (C=O) groups is 1. The Kier molecular flexibility index (Phi) is 6.12. The highest BCUT2D eigenvalue weighted by Gasteiger charge is 2.44. The zero-order chi connectivity index (χ0) is 19.0. The molecule has 0 fully saturated rings. The molecule has 0 spiro atoms. The van der Waals surface area contributed by atoms with Gasteiger partial charge in [-0.1, -0.05) is 47.5 Å². The van der Waals surface area contributed by atoms with E-state index in [1.807, 2.05) is 13.8 Å². The Morgan fingerprint density at radius 1 is 0.833 bits per heavy atom. The van der Waals surface area contributed by atoms with Crippen LogP contribution >= 0.6 is 0 Å². The molecule has 0 radical (unpaired) electrons. The predicted molar refractivity (Wildman–Crippen MR) is 106 cm³/mol. The Hall–Kier alpha value is -1.11. The molecule has 1 N–H and O–H groups in total. The first kappa shape index (κ1) is 20.9. The Labute approximate surface area is 149 Å². The third kappa shape index (κ3) is 3.07. The standard InChI is InChI=1S/C21H34O2Si/c1-13(2)24(14(3)4,15(5)6)12-11-21(23)18(9)16(7)20(22)17(8)19(21)10/h13-15,23H,1-10H3. The second kappa shape index (κ2) is 7.02. The topological polar surface area (TPSA) is 37.3 Å². The lowest BCUT2D eigenvalue weighted by molar-refractivity contribution is -0.112. The smallest absolute Gasteiger partial charge is 0.184 e. The number of allylic oxidation sites excluding steroid dienone is 2. The number of hydrogen-bond acceptors (Lipinski definition) is 2. The summed E-state index contributed by atoms with van der Waals surface area (Å²) in [7, 11) is -1.93. The highest BCUT2D eigenvalue weighted by molar-refractivity contribution is 6.90. The van der Waals surface area contributed by atoms with Crippen molar-refractivity contribution in [3.63, 3.8) is 0 Å². The van der Waals surface area contributed by atoms with Crippen molar-refractivity contribution in [3.05, 3.63) is 22.3 Å². The van der Waals surface area contributed by atoms with E-state index in [0.717, 1.165) is 0 Å². The summed E-state index contributed by atoms with van der Waals surface area (Å²) in [4.78, 5) is 12.3. The molecule has 2 nitrogen and oxygen atoms in total. The number of Topliss-reactive ketones (excluding diaryl/α,β-unsaturated/α-hetero) is 1. The third-order valence-corrected chi connectivity index (χ3v) is 12.5. The molecule has 0 aromatic carbocycles. The summed E-state index contributed by atoms with van der Waals surface area (Å²) >= 11 is 0. The lowest BCUT2D eigenvalue weighted by atomic mass is 9.76.